The zero-order chi connectivity index (χ0) is 9.97. The molecule has 0 radical (unpaired) electrons. The van der Waals surface area contributed by atoms with Crippen LogP contribution >= 0.6 is 0 Å². The molecule has 0 saturated heterocycles. The standard InChI is InChI=1S/C8H8BN3O2/c13-9(14)8-6-10-12(11-8)7-4-2-1-3-5-7/h1-6,13-14H. The molecule has 0 aliphatic rings. The molecule has 0 aliphatic heterocycles. The Labute approximate surface area is 80.8 Å². The van der Waals surface area contributed by atoms with E-state index in [1.165, 1.54) is 11.0 Å². The molecular formula is C8H8BN3O2. The Hall–Kier alpha value is -1.66. The average Bonchev–Trinajstić information content (AvgIpc) is 2.68. The number of rotatable bonds is 2. The van der Waals surface area contributed by atoms with Crippen molar-refractivity contribution in [1.29, 1.82) is 0 Å². The normalized spacial score (nSPS) is 10.1. The predicted octanol–water partition coefficient (Wildman–Crippen LogP) is -1.05. The van der Waals surface area contributed by atoms with Crippen molar-refractivity contribution in [2.45, 2.75) is 0 Å². The van der Waals surface area contributed by atoms with E-state index in [1.54, 1.807) is 0 Å². The highest BCUT2D eigenvalue weighted by Gasteiger charge is 2.15. The van der Waals surface area contributed by atoms with E-state index in [9.17, 15) is 0 Å². The molecular weight excluding hydrogens is 181 g/mol. The van der Waals surface area contributed by atoms with Gasteiger partial charge in [0.1, 0.15) is 5.59 Å². The lowest BCUT2D eigenvalue weighted by molar-refractivity contribution is 0.424. The molecule has 1 heterocycles. The Balaban J connectivity index is 2.34. The van der Waals surface area contributed by atoms with Gasteiger partial charge in [0.15, 0.2) is 0 Å². The number of hydrogen-bond acceptors (Lipinski definition) is 4. The Morgan fingerprint density at radius 2 is 1.86 bits per heavy atom. The summed E-state index contributed by atoms with van der Waals surface area (Å²) in [5.74, 6) is 0. The summed E-state index contributed by atoms with van der Waals surface area (Å²) >= 11 is 0. The van der Waals surface area contributed by atoms with Gasteiger partial charge in [-0.1, -0.05) is 18.2 Å². The van der Waals surface area contributed by atoms with E-state index in [1.807, 2.05) is 30.3 Å². The summed E-state index contributed by atoms with van der Waals surface area (Å²) < 4.78 is 0. The molecule has 2 rings (SSSR count). The van der Waals surface area contributed by atoms with Gasteiger partial charge >= 0.3 is 7.12 Å². The fourth-order valence-corrected chi connectivity index (χ4v) is 1.08. The van der Waals surface area contributed by atoms with Crippen molar-refractivity contribution in [1.82, 2.24) is 15.0 Å². The van der Waals surface area contributed by atoms with Crippen LogP contribution in [0.3, 0.4) is 0 Å². The highest BCUT2D eigenvalue weighted by Crippen LogP contribution is 2.01. The molecule has 2 aromatic rings. The maximum absolute atomic E-state index is 8.82. The molecule has 0 saturated carbocycles. The molecule has 0 amide bonds. The van der Waals surface area contributed by atoms with Gasteiger partial charge in [0.2, 0.25) is 0 Å². The van der Waals surface area contributed by atoms with Crippen molar-refractivity contribution in [2.75, 3.05) is 0 Å². The molecule has 0 fully saturated rings. The van der Waals surface area contributed by atoms with Crippen LogP contribution in [0, 0.1) is 0 Å². The van der Waals surface area contributed by atoms with Gasteiger partial charge in [-0.25, -0.2) is 0 Å². The van der Waals surface area contributed by atoms with Crippen LogP contribution in [0.4, 0.5) is 0 Å². The Bertz CT molecular complexity index is 416. The van der Waals surface area contributed by atoms with Crippen LogP contribution in [-0.2, 0) is 0 Å². The molecule has 0 unspecified atom stereocenters. The Morgan fingerprint density at radius 3 is 2.43 bits per heavy atom. The molecule has 5 nitrogen and oxygen atoms in total. The first-order valence-electron chi connectivity index (χ1n) is 4.11. The summed E-state index contributed by atoms with van der Waals surface area (Å²) in [6.45, 7) is 0. The maximum atomic E-state index is 8.82. The van der Waals surface area contributed by atoms with Gasteiger partial charge in [0, 0.05) is 0 Å². The van der Waals surface area contributed by atoms with Gasteiger partial charge in [0.05, 0.1) is 11.9 Å². The summed E-state index contributed by atoms with van der Waals surface area (Å²) in [5, 5.41) is 25.4. The quantitative estimate of drug-likeness (QED) is 0.591. The summed E-state index contributed by atoms with van der Waals surface area (Å²) in [7, 11) is -1.58. The zero-order valence-electron chi connectivity index (χ0n) is 7.28. The van der Waals surface area contributed by atoms with Gasteiger partial charge in [0.25, 0.3) is 0 Å². The largest absolute Gasteiger partial charge is 0.511 e. The first-order chi connectivity index (χ1) is 6.77. The fraction of sp³-hybridized carbons (Fsp3) is 0. The van der Waals surface area contributed by atoms with Gasteiger partial charge < -0.3 is 10.0 Å². The summed E-state index contributed by atoms with van der Waals surface area (Å²) in [5.41, 5.74) is 0.910. The van der Waals surface area contributed by atoms with Crippen molar-refractivity contribution < 1.29 is 10.0 Å². The Kier molecular flexibility index (Phi) is 2.30. The van der Waals surface area contributed by atoms with E-state index in [-0.39, 0.29) is 5.59 Å². The number of aromatic nitrogens is 3. The van der Waals surface area contributed by atoms with Crippen LogP contribution in [0.5, 0.6) is 0 Å². The third kappa shape index (κ3) is 1.66. The topological polar surface area (TPSA) is 71.2 Å². The SMILES string of the molecule is OB(O)c1cnn(-c2ccccc2)n1. The minimum Gasteiger partial charge on any atom is -0.422 e. The van der Waals surface area contributed by atoms with Gasteiger partial charge in [-0.05, 0) is 12.1 Å². The second-order valence-electron chi connectivity index (χ2n) is 2.77. The lowest BCUT2D eigenvalue weighted by Crippen LogP contribution is -2.31. The van der Waals surface area contributed by atoms with Crippen molar-refractivity contribution >= 4 is 12.7 Å². The number of hydrogen-bond donors (Lipinski definition) is 2. The van der Waals surface area contributed by atoms with Crippen molar-refractivity contribution in [3.63, 3.8) is 0 Å². The molecule has 1 aromatic heterocycles. The van der Waals surface area contributed by atoms with Crippen LogP contribution in [0.15, 0.2) is 36.5 Å². The Morgan fingerprint density at radius 1 is 1.14 bits per heavy atom. The summed E-state index contributed by atoms with van der Waals surface area (Å²) in [4.78, 5) is 1.34. The molecule has 0 bridgehead atoms. The maximum Gasteiger partial charge on any atom is 0.511 e. The average molecular weight is 189 g/mol. The smallest absolute Gasteiger partial charge is 0.422 e. The first-order valence-corrected chi connectivity index (χ1v) is 4.11. The number of benzene rings is 1. The van der Waals surface area contributed by atoms with Crippen molar-refractivity contribution in [3.05, 3.63) is 36.5 Å². The number of para-hydroxylation sites is 1. The van der Waals surface area contributed by atoms with Gasteiger partial charge in [-0.15, -0.1) is 0 Å². The fourth-order valence-electron chi connectivity index (χ4n) is 1.08. The lowest BCUT2D eigenvalue weighted by Gasteiger charge is -1.97. The van der Waals surface area contributed by atoms with Crippen LogP contribution in [0.25, 0.3) is 5.69 Å². The van der Waals surface area contributed by atoms with E-state index in [4.69, 9.17) is 10.0 Å². The third-order valence-corrected chi connectivity index (χ3v) is 1.76. The molecule has 2 N–H and O–H groups in total. The van der Waals surface area contributed by atoms with E-state index >= 15 is 0 Å². The molecule has 14 heavy (non-hydrogen) atoms. The van der Waals surface area contributed by atoms with Crippen LogP contribution < -0.4 is 5.59 Å². The summed E-state index contributed by atoms with van der Waals surface area (Å²) in [6, 6.07) is 9.25. The van der Waals surface area contributed by atoms with Crippen molar-refractivity contribution in [2.24, 2.45) is 0 Å². The number of nitrogens with zero attached hydrogens (tertiary/aromatic N) is 3. The van der Waals surface area contributed by atoms with Crippen LogP contribution in [-0.4, -0.2) is 32.2 Å². The summed E-state index contributed by atoms with van der Waals surface area (Å²) in [6.07, 6.45) is 1.32. The first kappa shape index (κ1) is 8.92. The second-order valence-corrected chi connectivity index (χ2v) is 2.77. The van der Waals surface area contributed by atoms with Gasteiger partial charge in [-0.2, -0.15) is 15.0 Å². The molecule has 0 spiro atoms. The third-order valence-electron chi connectivity index (χ3n) is 1.76. The van der Waals surface area contributed by atoms with Gasteiger partial charge in [-0.3, -0.25) is 0 Å². The lowest BCUT2D eigenvalue weighted by atomic mass is 9.87. The molecule has 1 aromatic carbocycles. The van der Waals surface area contributed by atoms with E-state index in [0.717, 1.165) is 5.69 Å². The predicted molar refractivity (Wildman–Crippen MR) is 51.2 cm³/mol. The minimum absolute atomic E-state index is 0.133. The zero-order valence-corrected chi connectivity index (χ0v) is 7.28. The van der Waals surface area contributed by atoms with E-state index < -0.39 is 7.12 Å². The van der Waals surface area contributed by atoms with E-state index in [2.05, 4.69) is 10.2 Å². The minimum atomic E-state index is -1.58. The van der Waals surface area contributed by atoms with Crippen molar-refractivity contribution in [3.8, 4) is 5.69 Å². The highest BCUT2D eigenvalue weighted by molar-refractivity contribution is 6.57. The molecule has 0 aliphatic carbocycles. The highest BCUT2D eigenvalue weighted by atomic mass is 16.4. The van der Waals surface area contributed by atoms with E-state index in [0.29, 0.717) is 0 Å². The molecule has 6 heteroatoms. The second kappa shape index (κ2) is 3.61. The van der Waals surface area contributed by atoms with Crippen LogP contribution in [0.2, 0.25) is 0 Å². The molecule has 70 valence electrons. The monoisotopic (exact) mass is 189 g/mol. The molecule has 0 atom stereocenters. The van der Waals surface area contributed by atoms with Crippen LogP contribution in [0.1, 0.15) is 0 Å².